The number of benzene rings is 2. The van der Waals surface area contributed by atoms with Crippen molar-refractivity contribution in [3.63, 3.8) is 0 Å². The summed E-state index contributed by atoms with van der Waals surface area (Å²) in [5.41, 5.74) is 2.64. The fourth-order valence-electron chi connectivity index (χ4n) is 3.77. The number of ether oxygens (including phenoxy) is 1. The maximum atomic E-state index is 12.7. The summed E-state index contributed by atoms with van der Waals surface area (Å²) in [5, 5.41) is 5.28. The first-order valence-electron chi connectivity index (χ1n) is 9.66. The summed E-state index contributed by atoms with van der Waals surface area (Å²) in [6.07, 6.45) is 2.24. The molecule has 3 heterocycles. The molecule has 1 saturated heterocycles. The molecule has 4 aromatic rings. The molecular weight excluding hydrogens is 368 g/mol. The van der Waals surface area contributed by atoms with Crippen molar-refractivity contribution in [1.29, 1.82) is 0 Å². The van der Waals surface area contributed by atoms with Gasteiger partial charge in [0, 0.05) is 36.2 Å². The van der Waals surface area contributed by atoms with Crippen molar-refractivity contribution in [3.8, 4) is 17.2 Å². The Labute approximate surface area is 167 Å². The molecule has 2 aromatic carbocycles. The third kappa shape index (κ3) is 3.14. The maximum Gasteiger partial charge on any atom is 0.258 e. The van der Waals surface area contributed by atoms with Crippen LogP contribution in [0.2, 0.25) is 0 Å². The first-order chi connectivity index (χ1) is 14.2. The van der Waals surface area contributed by atoms with Crippen LogP contribution in [0.1, 0.15) is 25.1 Å². The molecule has 1 amide bonds. The molecular formula is C22H20N4O3. The zero-order valence-corrected chi connectivity index (χ0v) is 16.0. The van der Waals surface area contributed by atoms with Gasteiger partial charge in [-0.15, -0.1) is 0 Å². The van der Waals surface area contributed by atoms with E-state index in [2.05, 4.69) is 15.1 Å². The van der Waals surface area contributed by atoms with E-state index in [1.54, 1.807) is 4.90 Å². The zero-order chi connectivity index (χ0) is 19.8. The van der Waals surface area contributed by atoms with Crippen molar-refractivity contribution in [2.45, 2.75) is 19.3 Å². The third-order valence-corrected chi connectivity index (χ3v) is 5.19. The van der Waals surface area contributed by atoms with Crippen molar-refractivity contribution in [3.05, 3.63) is 60.6 Å². The number of carbonyl (C=O) groups excluding carboxylic acids is 1. The number of para-hydroxylation sites is 2. The van der Waals surface area contributed by atoms with Gasteiger partial charge in [0.05, 0.1) is 12.3 Å². The van der Waals surface area contributed by atoms with Gasteiger partial charge < -0.3 is 19.1 Å². The van der Waals surface area contributed by atoms with Crippen molar-refractivity contribution in [2.75, 3.05) is 18.1 Å². The molecule has 1 aliphatic heterocycles. The first kappa shape index (κ1) is 17.5. The van der Waals surface area contributed by atoms with Crippen LogP contribution in [0.3, 0.4) is 0 Å². The highest BCUT2D eigenvalue weighted by Gasteiger charge is 2.35. The van der Waals surface area contributed by atoms with Gasteiger partial charge in [-0.1, -0.05) is 23.4 Å². The second-order valence-corrected chi connectivity index (χ2v) is 7.04. The van der Waals surface area contributed by atoms with E-state index in [0.717, 1.165) is 22.2 Å². The van der Waals surface area contributed by atoms with E-state index in [9.17, 15) is 4.79 Å². The Kier molecular flexibility index (Phi) is 4.27. The highest BCUT2D eigenvalue weighted by Crippen LogP contribution is 2.36. The fourth-order valence-corrected chi connectivity index (χ4v) is 3.77. The molecule has 146 valence electrons. The van der Waals surface area contributed by atoms with Gasteiger partial charge in [-0.3, -0.25) is 4.79 Å². The van der Waals surface area contributed by atoms with Crippen molar-refractivity contribution < 1.29 is 14.1 Å². The summed E-state index contributed by atoms with van der Waals surface area (Å²) in [5.74, 6) is 1.62. The Morgan fingerprint density at radius 1 is 1.24 bits per heavy atom. The number of amides is 1. The smallest absolute Gasteiger partial charge is 0.258 e. The molecule has 0 radical (unpaired) electrons. The van der Waals surface area contributed by atoms with Crippen molar-refractivity contribution in [2.24, 2.45) is 0 Å². The number of hydrogen-bond donors (Lipinski definition) is 1. The lowest BCUT2D eigenvalue weighted by molar-refractivity contribution is -0.117. The number of H-pyrrole nitrogens is 1. The SMILES string of the molecule is CCOc1ccccc1N1CC(c2noc(-c3ccc4cc[nH]c4c3)n2)CC1=O. The quantitative estimate of drug-likeness (QED) is 0.555. The van der Waals surface area contributed by atoms with E-state index in [1.807, 2.05) is 61.7 Å². The maximum absolute atomic E-state index is 12.7. The molecule has 1 unspecified atom stereocenters. The highest BCUT2D eigenvalue weighted by molar-refractivity contribution is 5.97. The molecule has 1 fully saturated rings. The molecule has 0 aliphatic carbocycles. The molecule has 1 aliphatic rings. The summed E-state index contributed by atoms with van der Waals surface area (Å²) in [7, 11) is 0. The number of fused-ring (bicyclic) bond motifs is 1. The summed E-state index contributed by atoms with van der Waals surface area (Å²) in [4.78, 5) is 22.2. The van der Waals surface area contributed by atoms with E-state index < -0.39 is 0 Å². The number of nitrogens with one attached hydrogen (secondary N) is 1. The van der Waals surface area contributed by atoms with Crippen LogP contribution in [-0.2, 0) is 4.79 Å². The molecule has 1 atom stereocenters. The second kappa shape index (κ2) is 7.09. The van der Waals surface area contributed by atoms with Crippen LogP contribution in [0.15, 0.2) is 59.3 Å². The van der Waals surface area contributed by atoms with Crippen LogP contribution in [0, 0.1) is 0 Å². The summed E-state index contributed by atoms with van der Waals surface area (Å²) >= 11 is 0. The Hall–Kier alpha value is -3.61. The van der Waals surface area contributed by atoms with Crippen molar-refractivity contribution in [1.82, 2.24) is 15.1 Å². The minimum atomic E-state index is -0.121. The standard InChI is InChI=1S/C22H20N4O3/c1-2-28-19-6-4-3-5-18(19)26-13-16(12-20(26)27)21-24-22(29-25-21)15-8-7-14-9-10-23-17(14)11-15/h3-11,16,23H,2,12-13H2,1H3. The monoisotopic (exact) mass is 388 g/mol. The van der Waals surface area contributed by atoms with Gasteiger partial charge in [0.15, 0.2) is 5.82 Å². The normalized spacial score (nSPS) is 16.7. The number of aromatic amines is 1. The minimum Gasteiger partial charge on any atom is -0.492 e. The van der Waals surface area contributed by atoms with Crippen LogP contribution in [-0.4, -0.2) is 34.2 Å². The number of anilines is 1. The van der Waals surface area contributed by atoms with E-state index >= 15 is 0 Å². The van der Waals surface area contributed by atoms with Gasteiger partial charge in [-0.2, -0.15) is 4.98 Å². The molecule has 7 heteroatoms. The molecule has 2 aromatic heterocycles. The summed E-state index contributed by atoms with van der Waals surface area (Å²) in [6, 6.07) is 15.5. The number of nitrogens with zero attached hydrogens (tertiary/aromatic N) is 3. The third-order valence-electron chi connectivity index (χ3n) is 5.19. The Morgan fingerprint density at radius 3 is 3.03 bits per heavy atom. The lowest BCUT2D eigenvalue weighted by Crippen LogP contribution is -2.25. The predicted octanol–water partition coefficient (Wildman–Crippen LogP) is 4.14. The Morgan fingerprint density at radius 2 is 2.14 bits per heavy atom. The van der Waals surface area contributed by atoms with Gasteiger partial charge in [-0.25, -0.2) is 0 Å². The number of hydrogen-bond acceptors (Lipinski definition) is 5. The fraction of sp³-hybridized carbons (Fsp3) is 0.227. The van der Waals surface area contributed by atoms with E-state index in [-0.39, 0.29) is 11.8 Å². The van der Waals surface area contributed by atoms with Crippen LogP contribution >= 0.6 is 0 Å². The van der Waals surface area contributed by atoms with Crippen molar-refractivity contribution >= 4 is 22.5 Å². The Balaban J connectivity index is 1.39. The van der Waals surface area contributed by atoms with Gasteiger partial charge in [-0.05, 0) is 42.6 Å². The summed E-state index contributed by atoms with van der Waals surface area (Å²) in [6.45, 7) is 2.97. The van der Waals surface area contributed by atoms with Crippen LogP contribution < -0.4 is 9.64 Å². The van der Waals surface area contributed by atoms with Gasteiger partial charge >= 0.3 is 0 Å². The lowest BCUT2D eigenvalue weighted by atomic mass is 10.1. The molecule has 0 spiro atoms. The number of aromatic nitrogens is 3. The number of rotatable bonds is 5. The summed E-state index contributed by atoms with van der Waals surface area (Å²) < 4.78 is 11.2. The largest absolute Gasteiger partial charge is 0.492 e. The molecule has 0 saturated carbocycles. The zero-order valence-electron chi connectivity index (χ0n) is 16.0. The van der Waals surface area contributed by atoms with Gasteiger partial charge in [0.25, 0.3) is 5.89 Å². The minimum absolute atomic E-state index is 0.0290. The second-order valence-electron chi connectivity index (χ2n) is 7.04. The predicted molar refractivity (Wildman–Crippen MR) is 109 cm³/mol. The topological polar surface area (TPSA) is 84.2 Å². The molecule has 7 nitrogen and oxygen atoms in total. The van der Waals surface area contributed by atoms with E-state index in [1.165, 1.54) is 0 Å². The Bertz CT molecular complexity index is 1180. The molecule has 0 bridgehead atoms. The van der Waals surface area contributed by atoms with Gasteiger partial charge in [0.2, 0.25) is 5.91 Å². The van der Waals surface area contributed by atoms with Crippen LogP contribution in [0.25, 0.3) is 22.4 Å². The van der Waals surface area contributed by atoms with E-state index in [4.69, 9.17) is 9.26 Å². The van der Waals surface area contributed by atoms with Crippen LogP contribution in [0.5, 0.6) is 5.75 Å². The van der Waals surface area contributed by atoms with Gasteiger partial charge in [0.1, 0.15) is 5.75 Å². The molecule has 5 rings (SSSR count). The lowest BCUT2D eigenvalue weighted by Gasteiger charge is -2.19. The highest BCUT2D eigenvalue weighted by atomic mass is 16.5. The molecule has 1 N–H and O–H groups in total. The average Bonchev–Trinajstić information content (AvgIpc) is 3.47. The average molecular weight is 388 g/mol. The number of carbonyl (C=O) groups is 1. The molecule has 29 heavy (non-hydrogen) atoms. The van der Waals surface area contributed by atoms with E-state index in [0.29, 0.717) is 37.0 Å². The van der Waals surface area contributed by atoms with Crippen LogP contribution in [0.4, 0.5) is 5.69 Å². The first-order valence-corrected chi connectivity index (χ1v) is 9.66.